The van der Waals surface area contributed by atoms with Gasteiger partial charge in [-0.2, -0.15) is 0 Å². The van der Waals surface area contributed by atoms with Gasteiger partial charge in [0.2, 0.25) is 0 Å². The van der Waals surface area contributed by atoms with Crippen LogP contribution in [0.4, 0.5) is 0 Å². The van der Waals surface area contributed by atoms with Gasteiger partial charge in [-0.3, -0.25) is 4.79 Å². The summed E-state index contributed by atoms with van der Waals surface area (Å²) in [6.45, 7) is 2.83. The third kappa shape index (κ3) is 2.36. The molecule has 1 aliphatic carbocycles. The van der Waals surface area contributed by atoms with Crippen LogP contribution in [0.1, 0.15) is 30.9 Å². The quantitative estimate of drug-likeness (QED) is 0.824. The summed E-state index contributed by atoms with van der Waals surface area (Å²) in [5, 5.41) is 17.9. The van der Waals surface area contributed by atoms with Gasteiger partial charge in [-0.25, -0.2) is 8.42 Å². The number of sulfone groups is 1. The van der Waals surface area contributed by atoms with Gasteiger partial charge in [0, 0.05) is 11.7 Å². The van der Waals surface area contributed by atoms with Crippen molar-refractivity contribution in [3.8, 4) is 0 Å². The Morgan fingerprint density at radius 2 is 1.81 bits per heavy atom. The Kier molecular flexibility index (Phi) is 4.13. The number of carboxylic acids is 1. The molecule has 1 aliphatic rings. The number of aliphatic carboxylic acids is 1. The van der Waals surface area contributed by atoms with Crippen LogP contribution in [0.5, 0.6) is 0 Å². The summed E-state index contributed by atoms with van der Waals surface area (Å²) in [7, 11) is -3.54. The molecule has 0 saturated heterocycles. The van der Waals surface area contributed by atoms with E-state index >= 15 is 0 Å². The van der Waals surface area contributed by atoms with Crippen molar-refractivity contribution in [3.05, 3.63) is 35.4 Å². The standard InChI is InChI=1S/C15H20O5S/c1-3-10-5-7-11(8-6-10)12-13(21(19,20)4-2)15(12,9-16)14(17)18/h5-8,12-13,16H,3-4,9H2,1-2H3,(H,17,18)/t12-,13-,15-/m0/s1. The molecule has 0 amide bonds. The molecule has 116 valence electrons. The molecule has 21 heavy (non-hydrogen) atoms. The zero-order valence-electron chi connectivity index (χ0n) is 12.1. The fourth-order valence-corrected chi connectivity index (χ4v) is 5.11. The molecule has 1 aromatic rings. The van der Waals surface area contributed by atoms with Gasteiger partial charge in [0.1, 0.15) is 5.41 Å². The zero-order chi connectivity index (χ0) is 15.8. The Morgan fingerprint density at radius 3 is 2.19 bits per heavy atom. The highest BCUT2D eigenvalue weighted by Crippen LogP contribution is 2.63. The summed E-state index contributed by atoms with van der Waals surface area (Å²) in [6.07, 6.45) is 0.853. The summed E-state index contributed by atoms with van der Waals surface area (Å²) in [6, 6.07) is 7.27. The van der Waals surface area contributed by atoms with Crippen molar-refractivity contribution in [2.24, 2.45) is 5.41 Å². The van der Waals surface area contributed by atoms with Crippen LogP contribution in [0.2, 0.25) is 0 Å². The first kappa shape index (κ1) is 16.0. The lowest BCUT2D eigenvalue weighted by Crippen LogP contribution is -2.28. The number of hydrogen-bond donors (Lipinski definition) is 2. The molecule has 3 atom stereocenters. The molecule has 1 saturated carbocycles. The van der Waals surface area contributed by atoms with E-state index in [4.69, 9.17) is 0 Å². The second kappa shape index (κ2) is 5.42. The molecule has 0 radical (unpaired) electrons. The molecule has 1 aromatic carbocycles. The van der Waals surface area contributed by atoms with E-state index in [2.05, 4.69) is 0 Å². The predicted octanol–water partition coefficient (Wildman–Crippen LogP) is 1.21. The summed E-state index contributed by atoms with van der Waals surface area (Å²) in [4.78, 5) is 11.6. The molecule has 0 unspecified atom stereocenters. The third-order valence-corrected chi connectivity index (χ3v) is 6.72. The number of carbonyl (C=O) groups is 1. The Balaban J connectivity index is 2.47. The summed E-state index contributed by atoms with van der Waals surface area (Å²) in [5.74, 6) is -2.07. The van der Waals surface area contributed by atoms with Crippen molar-refractivity contribution >= 4 is 15.8 Å². The highest BCUT2D eigenvalue weighted by atomic mass is 32.2. The van der Waals surface area contributed by atoms with Gasteiger partial charge in [0.15, 0.2) is 9.84 Å². The van der Waals surface area contributed by atoms with Crippen molar-refractivity contribution < 1.29 is 23.4 Å². The van der Waals surface area contributed by atoms with Gasteiger partial charge < -0.3 is 10.2 Å². The van der Waals surface area contributed by atoms with Crippen LogP contribution < -0.4 is 0 Å². The van der Waals surface area contributed by atoms with Crippen molar-refractivity contribution in [1.29, 1.82) is 0 Å². The Bertz CT molecular complexity index is 635. The van der Waals surface area contributed by atoms with Crippen LogP contribution >= 0.6 is 0 Å². The first-order valence-corrected chi connectivity index (χ1v) is 8.71. The average Bonchev–Trinajstić information content (AvgIpc) is 3.19. The normalized spacial score (nSPS) is 28.3. The minimum atomic E-state index is -3.54. The molecule has 0 heterocycles. The van der Waals surface area contributed by atoms with Crippen molar-refractivity contribution in [2.75, 3.05) is 12.4 Å². The maximum absolute atomic E-state index is 12.2. The predicted molar refractivity (Wildman–Crippen MR) is 79.0 cm³/mol. The maximum Gasteiger partial charge on any atom is 0.314 e. The summed E-state index contributed by atoms with van der Waals surface area (Å²) in [5.41, 5.74) is 0.146. The number of hydrogen-bond acceptors (Lipinski definition) is 4. The van der Waals surface area contributed by atoms with Crippen LogP contribution in [0.25, 0.3) is 0 Å². The molecule has 6 heteroatoms. The first-order valence-electron chi connectivity index (χ1n) is 6.99. The van der Waals surface area contributed by atoms with E-state index in [-0.39, 0.29) is 5.75 Å². The van der Waals surface area contributed by atoms with Crippen LogP contribution in [0.15, 0.2) is 24.3 Å². The fraction of sp³-hybridized carbons (Fsp3) is 0.533. The van der Waals surface area contributed by atoms with Crippen molar-refractivity contribution in [2.45, 2.75) is 31.4 Å². The van der Waals surface area contributed by atoms with Crippen molar-refractivity contribution in [3.63, 3.8) is 0 Å². The molecule has 0 aliphatic heterocycles. The van der Waals surface area contributed by atoms with E-state index in [0.29, 0.717) is 5.56 Å². The number of benzene rings is 1. The van der Waals surface area contributed by atoms with Gasteiger partial charge in [0.05, 0.1) is 11.9 Å². The number of rotatable bonds is 6. The number of aliphatic hydroxyl groups excluding tert-OH is 1. The lowest BCUT2D eigenvalue weighted by molar-refractivity contribution is -0.145. The fourth-order valence-electron chi connectivity index (χ4n) is 3.06. The molecule has 0 spiro atoms. The van der Waals surface area contributed by atoms with Crippen molar-refractivity contribution in [1.82, 2.24) is 0 Å². The minimum absolute atomic E-state index is 0.129. The highest BCUT2D eigenvalue weighted by molar-refractivity contribution is 7.92. The van der Waals surface area contributed by atoms with E-state index < -0.39 is 39.0 Å². The third-order valence-electron chi connectivity index (χ3n) is 4.45. The van der Waals surface area contributed by atoms with E-state index in [1.807, 2.05) is 19.1 Å². The molecule has 5 nitrogen and oxygen atoms in total. The first-order chi connectivity index (χ1) is 9.85. The van der Waals surface area contributed by atoms with E-state index in [9.17, 15) is 23.4 Å². The van der Waals surface area contributed by atoms with Crippen LogP contribution in [0.3, 0.4) is 0 Å². The Hall–Kier alpha value is -1.40. The monoisotopic (exact) mass is 312 g/mol. The molecular formula is C15H20O5S. The van der Waals surface area contributed by atoms with Gasteiger partial charge in [-0.15, -0.1) is 0 Å². The van der Waals surface area contributed by atoms with E-state index in [1.165, 1.54) is 6.92 Å². The lowest BCUT2D eigenvalue weighted by Gasteiger charge is -2.09. The smallest absolute Gasteiger partial charge is 0.314 e. The molecule has 0 bridgehead atoms. The average molecular weight is 312 g/mol. The number of aliphatic hydroxyl groups is 1. The summed E-state index contributed by atoms with van der Waals surface area (Å²) >= 11 is 0. The van der Waals surface area contributed by atoms with Crippen LogP contribution in [-0.2, 0) is 21.1 Å². The number of aryl methyl sites for hydroxylation is 1. The van der Waals surface area contributed by atoms with Crippen LogP contribution in [-0.4, -0.2) is 42.2 Å². The highest BCUT2D eigenvalue weighted by Gasteiger charge is 2.75. The van der Waals surface area contributed by atoms with E-state index in [0.717, 1.165) is 12.0 Å². The van der Waals surface area contributed by atoms with E-state index in [1.54, 1.807) is 12.1 Å². The molecule has 0 aromatic heterocycles. The topological polar surface area (TPSA) is 91.7 Å². The molecule has 1 fully saturated rings. The molecular weight excluding hydrogens is 292 g/mol. The SMILES string of the molecule is CCc1ccc([C@H]2[C@H](S(=O)(=O)CC)[C@@]2(CO)C(=O)O)cc1. The van der Waals surface area contributed by atoms with Crippen LogP contribution in [0, 0.1) is 5.41 Å². The van der Waals surface area contributed by atoms with Gasteiger partial charge in [-0.05, 0) is 17.5 Å². The minimum Gasteiger partial charge on any atom is -0.481 e. The summed E-state index contributed by atoms with van der Waals surface area (Å²) < 4.78 is 24.3. The Labute approximate surface area is 124 Å². The second-order valence-corrected chi connectivity index (χ2v) is 7.86. The molecule has 2 N–H and O–H groups in total. The van der Waals surface area contributed by atoms with Gasteiger partial charge in [-0.1, -0.05) is 38.1 Å². The maximum atomic E-state index is 12.2. The zero-order valence-corrected chi connectivity index (χ0v) is 12.9. The largest absolute Gasteiger partial charge is 0.481 e. The van der Waals surface area contributed by atoms with Gasteiger partial charge in [0.25, 0.3) is 0 Å². The number of carboxylic acid groups (broad SMARTS) is 1. The lowest BCUT2D eigenvalue weighted by atomic mass is 9.99. The Morgan fingerprint density at radius 1 is 1.24 bits per heavy atom. The second-order valence-electron chi connectivity index (χ2n) is 5.45. The molecule has 2 rings (SSSR count). The van der Waals surface area contributed by atoms with Gasteiger partial charge >= 0.3 is 5.97 Å².